The zero-order valence-electron chi connectivity index (χ0n) is 15.3. The fourth-order valence-electron chi connectivity index (χ4n) is 2.32. The van der Waals surface area contributed by atoms with Crippen molar-refractivity contribution >= 4 is 5.97 Å². The van der Waals surface area contributed by atoms with Gasteiger partial charge in [0.2, 0.25) is 5.88 Å². The Kier molecular flexibility index (Phi) is 7.21. The predicted octanol–water partition coefficient (Wildman–Crippen LogP) is 5.41. The molecule has 0 bridgehead atoms. The van der Waals surface area contributed by atoms with Crippen molar-refractivity contribution in [3.8, 4) is 11.6 Å². The summed E-state index contributed by atoms with van der Waals surface area (Å²) >= 11 is 0. The Hall–Kier alpha value is -2.57. The van der Waals surface area contributed by atoms with Gasteiger partial charge in [0.15, 0.2) is 0 Å². The number of ether oxygens (including phenoxy) is 2. The number of pyridine rings is 1. The van der Waals surface area contributed by atoms with Gasteiger partial charge < -0.3 is 9.47 Å². The smallest absolute Gasteiger partial charge is 0.417 e. The molecule has 0 aliphatic heterocycles. The molecule has 27 heavy (non-hydrogen) atoms. The van der Waals surface area contributed by atoms with E-state index < -0.39 is 11.7 Å². The number of carbonyl (C=O) groups is 1. The summed E-state index contributed by atoms with van der Waals surface area (Å²) in [6.07, 6.45) is -1.35. The number of unbranched alkanes of at least 4 members (excludes halogenated alkanes) is 1. The topological polar surface area (TPSA) is 48.4 Å². The highest BCUT2D eigenvalue weighted by Crippen LogP contribution is 2.30. The van der Waals surface area contributed by atoms with Gasteiger partial charge in [0, 0.05) is 12.3 Å². The number of aromatic nitrogens is 1. The monoisotopic (exact) mass is 381 g/mol. The third-order valence-corrected chi connectivity index (χ3v) is 3.90. The fourth-order valence-corrected chi connectivity index (χ4v) is 2.32. The van der Waals surface area contributed by atoms with Crippen molar-refractivity contribution in [1.29, 1.82) is 0 Å². The molecule has 1 aromatic heterocycles. The molecule has 0 amide bonds. The molecule has 0 N–H and O–H groups in total. The third-order valence-electron chi connectivity index (χ3n) is 3.90. The van der Waals surface area contributed by atoms with Crippen molar-refractivity contribution in [2.24, 2.45) is 5.92 Å². The molecule has 1 unspecified atom stereocenters. The number of halogens is 3. The molecule has 0 aliphatic carbocycles. The van der Waals surface area contributed by atoms with Crippen LogP contribution < -0.4 is 4.74 Å². The van der Waals surface area contributed by atoms with Crippen molar-refractivity contribution < 1.29 is 27.4 Å². The Labute approximate surface area is 156 Å². The highest BCUT2D eigenvalue weighted by atomic mass is 19.4. The average Bonchev–Trinajstić information content (AvgIpc) is 2.63. The van der Waals surface area contributed by atoms with Gasteiger partial charge in [0.25, 0.3) is 0 Å². The Balaban J connectivity index is 1.90. The molecule has 7 heteroatoms. The number of nitrogens with zero attached hydrogens (tertiary/aromatic N) is 1. The van der Waals surface area contributed by atoms with E-state index in [2.05, 4.69) is 4.98 Å². The number of esters is 1. The molecule has 1 atom stereocenters. The zero-order chi connectivity index (χ0) is 19.9. The van der Waals surface area contributed by atoms with Crippen LogP contribution in [0.25, 0.3) is 0 Å². The van der Waals surface area contributed by atoms with Crippen LogP contribution in [0.1, 0.15) is 37.8 Å². The number of carbonyl (C=O) groups excluding carboxylic acids is 1. The van der Waals surface area contributed by atoms with E-state index in [0.717, 1.165) is 30.7 Å². The summed E-state index contributed by atoms with van der Waals surface area (Å²) in [4.78, 5) is 15.6. The summed E-state index contributed by atoms with van der Waals surface area (Å²) in [5.41, 5.74) is 0.104. The molecule has 1 aromatic carbocycles. The standard InChI is InChI=1S/C20H22F3NO3/c1-3-4-11-26-19(25)14(2)12-15-5-8-17(9-6-15)27-18-10-7-16(13-24-18)20(21,22)23/h5-10,13-14H,3-4,11-12H2,1-2H3. The molecule has 4 nitrogen and oxygen atoms in total. The van der Waals surface area contributed by atoms with E-state index in [-0.39, 0.29) is 17.8 Å². The molecule has 0 fully saturated rings. The van der Waals surface area contributed by atoms with Crippen molar-refractivity contribution in [2.45, 2.75) is 39.3 Å². The number of benzene rings is 1. The summed E-state index contributed by atoms with van der Waals surface area (Å²) in [6, 6.07) is 9.06. The van der Waals surface area contributed by atoms with Crippen molar-refractivity contribution in [2.75, 3.05) is 6.61 Å². The summed E-state index contributed by atoms with van der Waals surface area (Å²) in [6.45, 7) is 4.28. The van der Waals surface area contributed by atoms with Crippen LogP contribution in [0.5, 0.6) is 11.6 Å². The normalized spacial score (nSPS) is 12.5. The zero-order valence-corrected chi connectivity index (χ0v) is 15.3. The number of hydrogen-bond acceptors (Lipinski definition) is 4. The average molecular weight is 381 g/mol. The number of alkyl halides is 3. The summed E-state index contributed by atoms with van der Waals surface area (Å²) in [5, 5.41) is 0. The maximum absolute atomic E-state index is 12.5. The van der Waals surface area contributed by atoms with E-state index in [9.17, 15) is 18.0 Å². The minimum Gasteiger partial charge on any atom is -0.465 e. The third kappa shape index (κ3) is 6.58. The molecule has 0 radical (unpaired) electrons. The van der Waals surface area contributed by atoms with E-state index in [0.29, 0.717) is 18.8 Å². The molecule has 0 saturated heterocycles. The molecule has 0 saturated carbocycles. The van der Waals surface area contributed by atoms with Crippen LogP contribution in [0.3, 0.4) is 0 Å². The van der Waals surface area contributed by atoms with Crippen molar-refractivity contribution in [3.05, 3.63) is 53.7 Å². The van der Waals surface area contributed by atoms with Gasteiger partial charge in [-0.15, -0.1) is 0 Å². The first-order valence-corrected chi connectivity index (χ1v) is 8.76. The molecular formula is C20H22F3NO3. The molecule has 2 aromatic rings. The summed E-state index contributed by atoms with van der Waals surface area (Å²) in [5.74, 6) is 0.0377. The Bertz CT molecular complexity index is 728. The van der Waals surface area contributed by atoms with Crippen LogP contribution in [0.2, 0.25) is 0 Å². The van der Waals surface area contributed by atoms with Gasteiger partial charge in [0.05, 0.1) is 18.1 Å². The van der Waals surface area contributed by atoms with E-state index >= 15 is 0 Å². The highest BCUT2D eigenvalue weighted by Gasteiger charge is 2.30. The lowest BCUT2D eigenvalue weighted by atomic mass is 10.0. The predicted molar refractivity (Wildman–Crippen MR) is 94.5 cm³/mol. The van der Waals surface area contributed by atoms with E-state index in [1.54, 1.807) is 24.3 Å². The first-order chi connectivity index (χ1) is 12.8. The Morgan fingerprint density at radius 2 is 1.85 bits per heavy atom. The summed E-state index contributed by atoms with van der Waals surface area (Å²) < 4.78 is 48.2. The lowest BCUT2D eigenvalue weighted by Gasteiger charge is -2.12. The van der Waals surface area contributed by atoms with Gasteiger partial charge in [0.1, 0.15) is 5.75 Å². The van der Waals surface area contributed by atoms with Crippen molar-refractivity contribution in [1.82, 2.24) is 4.98 Å². The number of hydrogen-bond donors (Lipinski definition) is 0. The second-order valence-corrected chi connectivity index (χ2v) is 6.26. The van der Waals surface area contributed by atoms with Crippen LogP contribution in [0, 0.1) is 5.92 Å². The lowest BCUT2D eigenvalue weighted by Crippen LogP contribution is -2.17. The van der Waals surface area contributed by atoms with E-state index in [4.69, 9.17) is 9.47 Å². The maximum Gasteiger partial charge on any atom is 0.417 e. The molecule has 0 aliphatic rings. The van der Waals surface area contributed by atoms with Crippen LogP contribution in [-0.4, -0.2) is 17.6 Å². The van der Waals surface area contributed by atoms with Gasteiger partial charge in [-0.2, -0.15) is 13.2 Å². The molecule has 0 spiro atoms. The molecular weight excluding hydrogens is 359 g/mol. The first kappa shape index (κ1) is 20.7. The second-order valence-electron chi connectivity index (χ2n) is 6.26. The van der Waals surface area contributed by atoms with E-state index in [1.807, 2.05) is 13.8 Å². The Morgan fingerprint density at radius 1 is 1.15 bits per heavy atom. The SMILES string of the molecule is CCCCOC(=O)C(C)Cc1ccc(Oc2ccc(C(F)(F)F)cn2)cc1. The van der Waals surface area contributed by atoms with Crippen molar-refractivity contribution in [3.63, 3.8) is 0 Å². The Morgan fingerprint density at radius 3 is 2.41 bits per heavy atom. The van der Waals surface area contributed by atoms with Gasteiger partial charge in [-0.3, -0.25) is 4.79 Å². The van der Waals surface area contributed by atoms with Crippen LogP contribution in [-0.2, 0) is 22.1 Å². The van der Waals surface area contributed by atoms with Gasteiger partial charge in [-0.25, -0.2) is 4.98 Å². The molecule has 2 rings (SSSR count). The van der Waals surface area contributed by atoms with Gasteiger partial charge >= 0.3 is 12.1 Å². The van der Waals surface area contributed by atoms with Crippen LogP contribution in [0.15, 0.2) is 42.6 Å². The highest BCUT2D eigenvalue weighted by molar-refractivity contribution is 5.72. The fraction of sp³-hybridized carbons (Fsp3) is 0.400. The van der Waals surface area contributed by atoms with Crippen LogP contribution in [0.4, 0.5) is 13.2 Å². The second kappa shape index (κ2) is 9.39. The van der Waals surface area contributed by atoms with Gasteiger partial charge in [-0.05, 0) is 36.6 Å². The van der Waals surface area contributed by atoms with Gasteiger partial charge in [-0.1, -0.05) is 32.4 Å². The molecule has 1 heterocycles. The quantitative estimate of drug-likeness (QED) is 0.453. The summed E-state index contributed by atoms with van der Waals surface area (Å²) in [7, 11) is 0. The number of rotatable bonds is 8. The van der Waals surface area contributed by atoms with Crippen LogP contribution >= 0.6 is 0 Å². The molecule has 146 valence electrons. The van der Waals surface area contributed by atoms with E-state index in [1.165, 1.54) is 6.07 Å². The minimum atomic E-state index is -4.43. The maximum atomic E-state index is 12.5. The lowest BCUT2D eigenvalue weighted by molar-refractivity contribution is -0.148. The first-order valence-electron chi connectivity index (χ1n) is 8.76. The largest absolute Gasteiger partial charge is 0.465 e. The minimum absolute atomic E-state index is 0.0728.